The van der Waals surface area contributed by atoms with Gasteiger partial charge in [-0.15, -0.1) is 0 Å². The van der Waals surface area contributed by atoms with Gasteiger partial charge in [-0.05, 0) is 37.7 Å². The van der Waals surface area contributed by atoms with Crippen LogP contribution in [0.5, 0.6) is 0 Å². The molecule has 1 unspecified atom stereocenters. The number of pyridine rings is 1. The third-order valence-corrected chi connectivity index (χ3v) is 4.88. The van der Waals surface area contributed by atoms with E-state index in [1.165, 1.54) is 19.3 Å². The predicted octanol–water partition coefficient (Wildman–Crippen LogP) is 2.63. The molecule has 3 rings (SSSR count). The number of aromatic nitrogens is 1. The Morgan fingerprint density at radius 3 is 2.61 bits per heavy atom. The number of piperidine rings is 1. The maximum atomic E-state index is 12.6. The second kappa shape index (κ2) is 7.11. The van der Waals surface area contributed by atoms with Crippen molar-refractivity contribution in [2.24, 2.45) is 5.92 Å². The number of carbonyl (C=O) groups is 2. The summed E-state index contributed by atoms with van der Waals surface area (Å²) in [6.07, 6.45) is 9.76. The fraction of sp³-hybridized carbons (Fsp3) is 0.611. The van der Waals surface area contributed by atoms with Gasteiger partial charge in [0.2, 0.25) is 0 Å². The number of rotatable bonds is 3. The van der Waals surface area contributed by atoms with Gasteiger partial charge < -0.3 is 10.2 Å². The van der Waals surface area contributed by atoms with Crippen molar-refractivity contribution in [3.05, 3.63) is 29.6 Å². The van der Waals surface area contributed by atoms with E-state index in [1.807, 2.05) is 4.90 Å². The fourth-order valence-corrected chi connectivity index (χ4v) is 3.58. The second-order valence-corrected chi connectivity index (χ2v) is 6.92. The zero-order chi connectivity index (χ0) is 16.2. The minimum atomic E-state index is -0.119. The molecule has 124 valence electrons. The number of carbonyl (C=O) groups excluding carboxylic acids is 2. The summed E-state index contributed by atoms with van der Waals surface area (Å²) in [5.74, 6) is 0.403. The Morgan fingerprint density at radius 1 is 1.13 bits per heavy atom. The van der Waals surface area contributed by atoms with Crippen LogP contribution in [0.2, 0.25) is 0 Å². The number of hydrogen-bond donors (Lipinski definition) is 1. The Bertz CT molecular complexity index is 581. The van der Waals surface area contributed by atoms with Crippen molar-refractivity contribution in [3.8, 4) is 0 Å². The van der Waals surface area contributed by atoms with Crippen molar-refractivity contribution >= 4 is 11.8 Å². The van der Waals surface area contributed by atoms with Crippen molar-refractivity contribution in [1.29, 1.82) is 0 Å². The number of nitrogens with zero attached hydrogens (tertiary/aromatic N) is 2. The molecule has 0 bridgehead atoms. The summed E-state index contributed by atoms with van der Waals surface area (Å²) in [7, 11) is 0. The topological polar surface area (TPSA) is 62.3 Å². The lowest BCUT2D eigenvalue weighted by atomic mass is 9.99. The molecule has 2 amide bonds. The van der Waals surface area contributed by atoms with Crippen LogP contribution in [0.25, 0.3) is 0 Å². The molecule has 1 atom stereocenters. The molecule has 2 heterocycles. The average molecular weight is 315 g/mol. The quantitative estimate of drug-likeness (QED) is 0.932. The molecule has 0 radical (unpaired) electrons. The SMILES string of the molecule is CC1CCCN(C(=O)c2cncc(C(=O)NC3CCCC3)c2)C1. The Morgan fingerprint density at radius 2 is 1.87 bits per heavy atom. The van der Waals surface area contributed by atoms with Crippen molar-refractivity contribution < 1.29 is 9.59 Å². The van der Waals surface area contributed by atoms with Gasteiger partial charge in [0.1, 0.15) is 0 Å². The standard InChI is InChI=1S/C18H25N3O2/c1-13-5-4-8-21(12-13)18(23)15-9-14(10-19-11-15)17(22)20-16-6-2-3-7-16/h9-11,13,16H,2-8,12H2,1H3,(H,20,22). The third-order valence-electron chi connectivity index (χ3n) is 4.88. The van der Waals surface area contributed by atoms with Crippen molar-refractivity contribution in [1.82, 2.24) is 15.2 Å². The largest absolute Gasteiger partial charge is 0.349 e. The molecular formula is C18H25N3O2. The monoisotopic (exact) mass is 315 g/mol. The van der Waals surface area contributed by atoms with Gasteiger partial charge in [-0.1, -0.05) is 19.8 Å². The molecular weight excluding hydrogens is 290 g/mol. The van der Waals surface area contributed by atoms with Crippen LogP contribution in [-0.2, 0) is 0 Å². The number of likely N-dealkylation sites (tertiary alicyclic amines) is 1. The van der Waals surface area contributed by atoms with E-state index in [4.69, 9.17) is 0 Å². The molecule has 5 heteroatoms. The first-order valence-electron chi connectivity index (χ1n) is 8.68. The molecule has 1 aliphatic heterocycles. The van der Waals surface area contributed by atoms with E-state index in [0.717, 1.165) is 32.4 Å². The summed E-state index contributed by atoms with van der Waals surface area (Å²) in [5, 5.41) is 3.04. The van der Waals surface area contributed by atoms with Crippen LogP contribution in [0.4, 0.5) is 0 Å². The number of nitrogens with one attached hydrogen (secondary N) is 1. The van der Waals surface area contributed by atoms with Crippen LogP contribution in [-0.4, -0.2) is 40.8 Å². The molecule has 1 saturated heterocycles. The molecule has 5 nitrogen and oxygen atoms in total. The van der Waals surface area contributed by atoms with Crippen molar-refractivity contribution in [2.75, 3.05) is 13.1 Å². The van der Waals surface area contributed by atoms with Crippen LogP contribution < -0.4 is 5.32 Å². The lowest BCUT2D eigenvalue weighted by molar-refractivity contribution is 0.0682. The second-order valence-electron chi connectivity index (χ2n) is 6.92. The summed E-state index contributed by atoms with van der Waals surface area (Å²) < 4.78 is 0. The van der Waals surface area contributed by atoms with Gasteiger partial charge in [0, 0.05) is 31.5 Å². The van der Waals surface area contributed by atoms with Gasteiger partial charge in [0.15, 0.2) is 0 Å². The number of amides is 2. The molecule has 1 N–H and O–H groups in total. The summed E-state index contributed by atoms with van der Waals surface area (Å²) in [6, 6.07) is 1.95. The minimum Gasteiger partial charge on any atom is -0.349 e. The van der Waals surface area contributed by atoms with E-state index in [9.17, 15) is 9.59 Å². The maximum absolute atomic E-state index is 12.6. The smallest absolute Gasteiger partial charge is 0.255 e. The highest BCUT2D eigenvalue weighted by molar-refractivity contribution is 5.99. The van der Waals surface area contributed by atoms with Crippen LogP contribution in [0.1, 0.15) is 66.2 Å². The molecule has 23 heavy (non-hydrogen) atoms. The van der Waals surface area contributed by atoms with Crippen LogP contribution in [0.15, 0.2) is 18.5 Å². The summed E-state index contributed by atoms with van der Waals surface area (Å²) in [6.45, 7) is 3.75. The molecule has 2 fully saturated rings. The normalized spacial score (nSPS) is 22.1. The summed E-state index contributed by atoms with van der Waals surface area (Å²) in [4.78, 5) is 30.9. The first kappa shape index (κ1) is 16.0. The Labute approximate surface area is 137 Å². The molecule has 1 aliphatic carbocycles. The first-order valence-corrected chi connectivity index (χ1v) is 8.68. The molecule has 2 aliphatic rings. The van der Waals surface area contributed by atoms with E-state index in [-0.39, 0.29) is 17.9 Å². The third kappa shape index (κ3) is 3.89. The van der Waals surface area contributed by atoms with Crippen LogP contribution >= 0.6 is 0 Å². The van der Waals surface area contributed by atoms with Crippen molar-refractivity contribution in [2.45, 2.75) is 51.5 Å². The lowest BCUT2D eigenvalue weighted by Crippen LogP contribution is -2.39. The molecule has 1 saturated carbocycles. The minimum absolute atomic E-state index is 0.0143. The van der Waals surface area contributed by atoms with Gasteiger partial charge in [-0.2, -0.15) is 0 Å². The number of hydrogen-bond acceptors (Lipinski definition) is 3. The van der Waals surface area contributed by atoms with E-state index >= 15 is 0 Å². The lowest BCUT2D eigenvalue weighted by Gasteiger charge is -2.31. The molecule has 0 spiro atoms. The fourth-order valence-electron chi connectivity index (χ4n) is 3.58. The Hall–Kier alpha value is -1.91. The van der Waals surface area contributed by atoms with Crippen molar-refractivity contribution in [3.63, 3.8) is 0 Å². The Balaban J connectivity index is 1.68. The van der Waals surface area contributed by atoms with Gasteiger partial charge in [0.05, 0.1) is 11.1 Å². The van der Waals surface area contributed by atoms with E-state index < -0.39 is 0 Å². The summed E-state index contributed by atoms with van der Waals surface area (Å²) >= 11 is 0. The van der Waals surface area contributed by atoms with E-state index in [0.29, 0.717) is 17.0 Å². The van der Waals surface area contributed by atoms with E-state index in [2.05, 4.69) is 17.2 Å². The Kier molecular flexibility index (Phi) is 4.94. The van der Waals surface area contributed by atoms with E-state index in [1.54, 1.807) is 18.5 Å². The van der Waals surface area contributed by atoms with Gasteiger partial charge >= 0.3 is 0 Å². The zero-order valence-corrected chi connectivity index (χ0v) is 13.8. The summed E-state index contributed by atoms with van der Waals surface area (Å²) in [5.41, 5.74) is 0.992. The maximum Gasteiger partial charge on any atom is 0.255 e. The predicted molar refractivity (Wildman–Crippen MR) is 88.3 cm³/mol. The highest BCUT2D eigenvalue weighted by atomic mass is 16.2. The molecule has 1 aromatic heterocycles. The van der Waals surface area contributed by atoms with Crippen LogP contribution in [0, 0.1) is 5.92 Å². The highest BCUT2D eigenvalue weighted by Gasteiger charge is 2.23. The van der Waals surface area contributed by atoms with Gasteiger partial charge in [0.25, 0.3) is 11.8 Å². The highest BCUT2D eigenvalue weighted by Crippen LogP contribution is 2.19. The average Bonchev–Trinajstić information content (AvgIpc) is 3.07. The zero-order valence-electron chi connectivity index (χ0n) is 13.8. The molecule has 0 aromatic carbocycles. The van der Waals surface area contributed by atoms with Gasteiger partial charge in [-0.3, -0.25) is 14.6 Å². The van der Waals surface area contributed by atoms with Gasteiger partial charge in [-0.25, -0.2) is 0 Å². The first-order chi connectivity index (χ1) is 11.1. The molecule has 1 aromatic rings. The van der Waals surface area contributed by atoms with Crippen LogP contribution in [0.3, 0.4) is 0 Å².